The summed E-state index contributed by atoms with van der Waals surface area (Å²) in [6.45, 7) is 3.96. The molecular formula is C24H25FN4O6S. The number of nitrogens with two attached hydrogens (primary N) is 1. The molecular weight excluding hydrogens is 491 g/mol. The molecule has 1 aliphatic heterocycles. The average molecular weight is 517 g/mol. The number of anilines is 1. The van der Waals surface area contributed by atoms with Gasteiger partial charge in [0.05, 0.1) is 12.7 Å². The molecule has 1 atom stereocenters. The Hall–Kier alpha value is -3.61. The van der Waals surface area contributed by atoms with E-state index in [4.69, 9.17) is 19.9 Å². The number of ether oxygens (including phenoxy) is 3. The van der Waals surface area contributed by atoms with Crippen LogP contribution in [0.2, 0.25) is 0 Å². The SMILES string of the molecule is CC1(C)OCC(CCN(c2cc(C(N)=O)nc(-c3ccc(Oc4ccc(F)cc4)cc3)n2)[SH](=O)=O)O1. The summed E-state index contributed by atoms with van der Waals surface area (Å²) in [6.07, 6.45) is 0.0657. The second kappa shape index (κ2) is 10.6. The molecule has 0 bridgehead atoms. The lowest BCUT2D eigenvalue weighted by atomic mass is 10.2. The van der Waals surface area contributed by atoms with E-state index in [1.54, 1.807) is 38.1 Å². The number of carbonyl (C=O) groups excluding carboxylic acids is 1. The molecule has 2 aromatic carbocycles. The lowest BCUT2D eigenvalue weighted by Crippen LogP contribution is -2.29. The van der Waals surface area contributed by atoms with Gasteiger partial charge in [0.2, 0.25) is 10.9 Å². The quantitative estimate of drug-likeness (QED) is 0.415. The molecule has 1 aromatic heterocycles. The molecule has 36 heavy (non-hydrogen) atoms. The Morgan fingerprint density at radius 2 is 1.78 bits per heavy atom. The van der Waals surface area contributed by atoms with Gasteiger partial charge in [-0.25, -0.2) is 22.8 Å². The van der Waals surface area contributed by atoms with E-state index in [1.165, 1.54) is 30.3 Å². The van der Waals surface area contributed by atoms with Crippen molar-refractivity contribution in [1.82, 2.24) is 9.97 Å². The largest absolute Gasteiger partial charge is 0.457 e. The number of amides is 1. The highest BCUT2D eigenvalue weighted by atomic mass is 32.2. The van der Waals surface area contributed by atoms with Crippen molar-refractivity contribution in [1.29, 1.82) is 0 Å². The van der Waals surface area contributed by atoms with Crippen LogP contribution in [0.25, 0.3) is 11.4 Å². The van der Waals surface area contributed by atoms with E-state index >= 15 is 0 Å². The zero-order chi connectivity index (χ0) is 25.9. The van der Waals surface area contributed by atoms with E-state index in [0.717, 1.165) is 4.31 Å². The van der Waals surface area contributed by atoms with Crippen LogP contribution in [0.3, 0.4) is 0 Å². The van der Waals surface area contributed by atoms with Gasteiger partial charge in [0.1, 0.15) is 28.8 Å². The minimum Gasteiger partial charge on any atom is -0.457 e. The number of hydrogen-bond acceptors (Lipinski definition) is 8. The van der Waals surface area contributed by atoms with Crippen molar-refractivity contribution in [2.24, 2.45) is 5.73 Å². The van der Waals surface area contributed by atoms with Crippen molar-refractivity contribution in [3.05, 3.63) is 66.1 Å². The fourth-order valence-electron chi connectivity index (χ4n) is 3.58. The minimum atomic E-state index is -3.09. The highest BCUT2D eigenvalue weighted by Crippen LogP contribution is 2.27. The van der Waals surface area contributed by atoms with Gasteiger partial charge in [-0.1, -0.05) is 0 Å². The predicted octanol–water partition coefficient (Wildman–Crippen LogP) is 3.05. The topological polar surface area (TPSA) is 134 Å². The first kappa shape index (κ1) is 25.5. The Morgan fingerprint density at radius 3 is 2.33 bits per heavy atom. The van der Waals surface area contributed by atoms with Crippen molar-refractivity contribution >= 4 is 22.6 Å². The number of hydrogen-bond donors (Lipinski definition) is 2. The maximum atomic E-state index is 13.1. The Morgan fingerprint density at radius 1 is 1.14 bits per heavy atom. The third kappa shape index (κ3) is 6.33. The van der Waals surface area contributed by atoms with Crippen molar-refractivity contribution in [3.63, 3.8) is 0 Å². The molecule has 190 valence electrons. The summed E-state index contributed by atoms with van der Waals surface area (Å²) >= 11 is 0. The monoisotopic (exact) mass is 516 g/mol. The third-order valence-corrected chi connectivity index (χ3v) is 6.12. The van der Waals surface area contributed by atoms with Crippen molar-refractivity contribution in [2.45, 2.75) is 32.2 Å². The van der Waals surface area contributed by atoms with E-state index in [2.05, 4.69) is 9.97 Å². The fraction of sp³-hybridized carbons (Fsp3) is 0.292. The summed E-state index contributed by atoms with van der Waals surface area (Å²) in [6, 6.07) is 13.4. The Labute approximate surface area is 208 Å². The van der Waals surface area contributed by atoms with Gasteiger partial charge in [-0.05, 0) is 68.8 Å². The van der Waals surface area contributed by atoms with Gasteiger partial charge < -0.3 is 19.9 Å². The molecule has 1 aliphatic rings. The van der Waals surface area contributed by atoms with Crippen LogP contribution < -0.4 is 14.8 Å². The van der Waals surface area contributed by atoms with E-state index in [0.29, 0.717) is 30.1 Å². The first-order valence-electron chi connectivity index (χ1n) is 11.1. The van der Waals surface area contributed by atoms with E-state index in [1.807, 2.05) is 0 Å². The molecule has 3 aromatic rings. The summed E-state index contributed by atoms with van der Waals surface area (Å²) in [5.74, 6) is -0.889. The van der Waals surface area contributed by atoms with Gasteiger partial charge in [-0.15, -0.1) is 0 Å². The maximum absolute atomic E-state index is 13.1. The number of benzene rings is 2. The average Bonchev–Trinajstić information content (AvgIpc) is 3.19. The van der Waals surface area contributed by atoms with Gasteiger partial charge in [0, 0.05) is 18.2 Å². The molecule has 0 radical (unpaired) electrons. The Balaban J connectivity index is 1.57. The van der Waals surface area contributed by atoms with Crippen molar-refractivity contribution in [3.8, 4) is 22.9 Å². The lowest BCUT2D eigenvalue weighted by Gasteiger charge is -2.20. The number of nitrogens with zero attached hydrogens (tertiary/aromatic N) is 3. The molecule has 10 nitrogen and oxygen atoms in total. The van der Waals surface area contributed by atoms with Crippen LogP contribution in [0.4, 0.5) is 10.2 Å². The second-order valence-corrected chi connectivity index (χ2v) is 9.44. The van der Waals surface area contributed by atoms with Crippen LogP contribution >= 0.6 is 0 Å². The minimum absolute atomic E-state index is 0.00900. The molecule has 2 heterocycles. The molecule has 1 fully saturated rings. The summed E-state index contributed by atoms with van der Waals surface area (Å²) < 4.78 is 55.3. The summed E-state index contributed by atoms with van der Waals surface area (Å²) in [5, 5.41) is 0. The number of rotatable bonds is 9. The molecule has 4 rings (SSSR count). The fourth-order valence-corrected chi connectivity index (χ4v) is 4.13. The van der Waals surface area contributed by atoms with Crippen LogP contribution in [-0.4, -0.2) is 49.3 Å². The number of primary amides is 1. The molecule has 0 saturated carbocycles. The maximum Gasteiger partial charge on any atom is 0.267 e. The number of aromatic nitrogens is 2. The smallest absolute Gasteiger partial charge is 0.267 e. The first-order chi connectivity index (χ1) is 17.1. The van der Waals surface area contributed by atoms with Crippen molar-refractivity contribution < 1.29 is 31.8 Å². The summed E-state index contributed by atoms with van der Waals surface area (Å²) in [5.41, 5.74) is 5.81. The summed E-state index contributed by atoms with van der Waals surface area (Å²) in [7, 11) is -3.09. The molecule has 1 amide bonds. The first-order valence-corrected chi connectivity index (χ1v) is 12.2. The van der Waals surface area contributed by atoms with Crippen LogP contribution in [0.5, 0.6) is 11.5 Å². The number of halogens is 1. The molecule has 1 saturated heterocycles. The van der Waals surface area contributed by atoms with Crippen LogP contribution in [0.15, 0.2) is 54.6 Å². The third-order valence-electron chi connectivity index (χ3n) is 5.32. The van der Waals surface area contributed by atoms with E-state index < -0.39 is 22.6 Å². The zero-order valence-corrected chi connectivity index (χ0v) is 20.5. The normalized spacial score (nSPS) is 16.7. The van der Waals surface area contributed by atoms with Gasteiger partial charge in [-0.3, -0.25) is 9.10 Å². The standard InChI is InChI=1S/C24H25FN4O6S/c1-24(2)33-14-19(35-24)11-12-29(36(31)32)21-13-20(22(26)30)27-23(28-21)15-3-7-17(8-4-15)34-18-9-5-16(25)6-10-18/h3-10,13,19,36H,11-12,14H2,1-2H3,(H2,26,30). The molecule has 12 heteroatoms. The molecule has 1 unspecified atom stereocenters. The number of carbonyl (C=O) groups is 1. The predicted molar refractivity (Wildman–Crippen MR) is 130 cm³/mol. The van der Waals surface area contributed by atoms with E-state index in [-0.39, 0.29) is 35.8 Å². The molecule has 2 N–H and O–H groups in total. The van der Waals surface area contributed by atoms with Crippen LogP contribution in [-0.2, 0) is 20.4 Å². The van der Waals surface area contributed by atoms with Crippen LogP contribution in [0, 0.1) is 5.82 Å². The Bertz CT molecular complexity index is 1310. The highest BCUT2D eigenvalue weighted by Gasteiger charge is 2.33. The zero-order valence-electron chi connectivity index (χ0n) is 19.6. The Kier molecular flexibility index (Phi) is 7.48. The van der Waals surface area contributed by atoms with Gasteiger partial charge >= 0.3 is 0 Å². The highest BCUT2D eigenvalue weighted by molar-refractivity contribution is 7.74. The van der Waals surface area contributed by atoms with Crippen LogP contribution in [0.1, 0.15) is 30.8 Å². The van der Waals surface area contributed by atoms with Gasteiger partial charge in [-0.2, -0.15) is 0 Å². The lowest BCUT2D eigenvalue weighted by molar-refractivity contribution is -0.138. The second-order valence-electron chi connectivity index (χ2n) is 8.48. The van der Waals surface area contributed by atoms with Crippen molar-refractivity contribution in [2.75, 3.05) is 17.5 Å². The summed E-state index contributed by atoms with van der Waals surface area (Å²) in [4.78, 5) is 20.5. The van der Waals surface area contributed by atoms with Gasteiger partial charge in [0.15, 0.2) is 11.6 Å². The van der Waals surface area contributed by atoms with Gasteiger partial charge in [0.25, 0.3) is 5.91 Å². The van der Waals surface area contributed by atoms with E-state index in [9.17, 15) is 17.6 Å². The molecule has 0 spiro atoms. The number of thiol groups is 1. The molecule has 0 aliphatic carbocycles.